The highest BCUT2D eigenvalue weighted by atomic mass is 16.6. The van der Waals surface area contributed by atoms with E-state index in [4.69, 9.17) is 4.74 Å². The largest absolute Gasteiger partial charge is 0.378 e. The maximum atomic E-state index is 12.7. The van der Waals surface area contributed by atoms with Gasteiger partial charge in [-0.3, -0.25) is 19.7 Å². The normalized spacial score (nSPS) is 14.1. The molecule has 0 radical (unpaired) electrons. The van der Waals surface area contributed by atoms with Gasteiger partial charge >= 0.3 is 0 Å². The van der Waals surface area contributed by atoms with E-state index in [1.807, 2.05) is 0 Å². The van der Waals surface area contributed by atoms with E-state index in [0.29, 0.717) is 43.1 Å². The summed E-state index contributed by atoms with van der Waals surface area (Å²) in [5.74, 6) is -0.556. The second-order valence-electron chi connectivity index (χ2n) is 6.12. The molecule has 1 heterocycles. The van der Waals surface area contributed by atoms with Gasteiger partial charge in [-0.25, -0.2) is 0 Å². The quantitative estimate of drug-likeness (QED) is 0.487. The topological polar surface area (TPSA) is 102 Å². The Morgan fingerprint density at radius 2 is 1.75 bits per heavy atom. The van der Waals surface area contributed by atoms with Gasteiger partial charge in [-0.15, -0.1) is 0 Å². The van der Waals surface area contributed by atoms with Crippen LogP contribution in [0.25, 0.3) is 6.08 Å². The first-order valence-corrected chi connectivity index (χ1v) is 8.74. The third-order valence-corrected chi connectivity index (χ3v) is 4.24. The fourth-order valence-corrected chi connectivity index (χ4v) is 2.77. The van der Waals surface area contributed by atoms with Gasteiger partial charge in [-0.1, -0.05) is 12.1 Å². The summed E-state index contributed by atoms with van der Waals surface area (Å²) in [5, 5.41) is 13.4. The van der Waals surface area contributed by atoms with E-state index in [1.54, 1.807) is 47.4 Å². The number of amides is 2. The van der Waals surface area contributed by atoms with Crippen LogP contribution in [0.2, 0.25) is 0 Å². The van der Waals surface area contributed by atoms with Crippen molar-refractivity contribution in [1.29, 1.82) is 0 Å². The minimum absolute atomic E-state index is 0.0165. The molecule has 8 nitrogen and oxygen atoms in total. The van der Waals surface area contributed by atoms with Crippen molar-refractivity contribution in [3.63, 3.8) is 0 Å². The lowest BCUT2D eigenvalue weighted by atomic mass is 10.1. The molecule has 0 aromatic heterocycles. The van der Waals surface area contributed by atoms with Crippen LogP contribution in [0.4, 0.5) is 11.4 Å². The van der Waals surface area contributed by atoms with E-state index < -0.39 is 10.8 Å². The molecular weight excluding hydrogens is 362 g/mol. The molecular formula is C20H19N3O5. The van der Waals surface area contributed by atoms with E-state index in [1.165, 1.54) is 18.2 Å². The van der Waals surface area contributed by atoms with Gasteiger partial charge in [0.05, 0.1) is 29.4 Å². The molecule has 1 N–H and O–H groups in total. The lowest BCUT2D eigenvalue weighted by Crippen LogP contribution is -2.41. The highest BCUT2D eigenvalue weighted by Gasteiger charge is 2.21. The van der Waals surface area contributed by atoms with Crippen LogP contribution in [-0.2, 0) is 9.53 Å². The van der Waals surface area contributed by atoms with Crippen LogP contribution in [0.1, 0.15) is 15.9 Å². The lowest BCUT2D eigenvalue weighted by molar-refractivity contribution is -0.384. The number of non-ortho nitro benzene ring substituents is 1. The van der Waals surface area contributed by atoms with Crippen molar-refractivity contribution in [3.8, 4) is 0 Å². The monoisotopic (exact) mass is 381 g/mol. The predicted octanol–water partition coefficient (Wildman–Crippen LogP) is 2.72. The molecule has 1 saturated heterocycles. The van der Waals surface area contributed by atoms with Crippen LogP contribution < -0.4 is 5.32 Å². The van der Waals surface area contributed by atoms with Crippen LogP contribution in [0.5, 0.6) is 0 Å². The number of nitro groups is 1. The van der Waals surface area contributed by atoms with Gasteiger partial charge < -0.3 is 15.0 Å². The number of para-hydroxylation sites is 1. The fraction of sp³-hybridized carbons (Fsp3) is 0.200. The average molecular weight is 381 g/mol. The van der Waals surface area contributed by atoms with Crippen molar-refractivity contribution in [3.05, 3.63) is 75.8 Å². The molecule has 28 heavy (non-hydrogen) atoms. The Labute approximate surface area is 161 Å². The Morgan fingerprint density at radius 3 is 2.43 bits per heavy atom. The number of carbonyl (C=O) groups is 2. The van der Waals surface area contributed by atoms with Crippen LogP contribution in [-0.4, -0.2) is 47.9 Å². The number of nitrogens with one attached hydrogen (secondary N) is 1. The number of ether oxygens (including phenoxy) is 1. The van der Waals surface area contributed by atoms with Crippen molar-refractivity contribution in [2.45, 2.75) is 0 Å². The zero-order chi connectivity index (χ0) is 19.9. The number of hydrogen-bond acceptors (Lipinski definition) is 5. The second kappa shape index (κ2) is 8.92. The van der Waals surface area contributed by atoms with Crippen molar-refractivity contribution < 1.29 is 19.2 Å². The number of anilines is 1. The molecule has 3 rings (SSSR count). The van der Waals surface area contributed by atoms with Gasteiger partial charge in [-0.2, -0.15) is 0 Å². The molecule has 144 valence electrons. The first-order chi connectivity index (χ1) is 13.5. The summed E-state index contributed by atoms with van der Waals surface area (Å²) >= 11 is 0. The molecule has 1 fully saturated rings. The molecule has 1 aliphatic rings. The minimum Gasteiger partial charge on any atom is -0.378 e. The number of morpholine rings is 1. The first-order valence-electron chi connectivity index (χ1n) is 8.74. The van der Waals surface area contributed by atoms with Gasteiger partial charge in [0.2, 0.25) is 5.91 Å². The van der Waals surface area contributed by atoms with E-state index in [2.05, 4.69) is 5.32 Å². The summed E-state index contributed by atoms with van der Waals surface area (Å²) in [5.41, 5.74) is 1.48. The molecule has 0 saturated carbocycles. The highest BCUT2D eigenvalue weighted by Crippen LogP contribution is 2.18. The van der Waals surface area contributed by atoms with Crippen molar-refractivity contribution >= 4 is 29.3 Å². The van der Waals surface area contributed by atoms with E-state index in [0.717, 1.165) is 0 Å². The Morgan fingerprint density at radius 1 is 1.07 bits per heavy atom. The summed E-state index contributed by atoms with van der Waals surface area (Å²) in [6.45, 7) is 2.03. The summed E-state index contributed by atoms with van der Waals surface area (Å²) < 4.78 is 5.26. The Balaban J connectivity index is 1.68. The summed E-state index contributed by atoms with van der Waals surface area (Å²) in [6.07, 6.45) is 2.86. The van der Waals surface area contributed by atoms with Crippen LogP contribution in [0.3, 0.4) is 0 Å². The van der Waals surface area contributed by atoms with Gasteiger partial charge in [0.15, 0.2) is 0 Å². The molecule has 0 unspecified atom stereocenters. The molecule has 0 atom stereocenters. The van der Waals surface area contributed by atoms with E-state index in [-0.39, 0.29) is 11.6 Å². The number of hydrogen-bond donors (Lipinski definition) is 1. The second-order valence-corrected chi connectivity index (χ2v) is 6.12. The maximum absolute atomic E-state index is 12.7. The zero-order valence-corrected chi connectivity index (χ0v) is 15.0. The number of nitrogens with zero attached hydrogens (tertiary/aromatic N) is 2. The molecule has 1 aliphatic heterocycles. The molecule has 8 heteroatoms. The molecule has 0 spiro atoms. The Kier molecular flexibility index (Phi) is 6.13. The lowest BCUT2D eigenvalue weighted by Gasteiger charge is -2.27. The maximum Gasteiger partial charge on any atom is 0.269 e. The third-order valence-electron chi connectivity index (χ3n) is 4.24. The number of rotatable bonds is 5. The molecule has 0 bridgehead atoms. The summed E-state index contributed by atoms with van der Waals surface area (Å²) in [7, 11) is 0. The van der Waals surface area contributed by atoms with Crippen molar-refractivity contribution in [2.75, 3.05) is 31.6 Å². The summed E-state index contributed by atoms with van der Waals surface area (Å²) in [4.78, 5) is 36.9. The molecule has 0 aliphatic carbocycles. The Hall–Kier alpha value is -3.52. The number of carbonyl (C=O) groups excluding carboxylic acids is 2. The molecule has 2 amide bonds. The van der Waals surface area contributed by atoms with Crippen LogP contribution >= 0.6 is 0 Å². The van der Waals surface area contributed by atoms with Crippen LogP contribution in [0.15, 0.2) is 54.6 Å². The van der Waals surface area contributed by atoms with Gasteiger partial charge in [-0.05, 0) is 35.9 Å². The third kappa shape index (κ3) is 4.80. The zero-order valence-electron chi connectivity index (χ0n) is 15.0. The van der Waals surface area contributed by atoms with E-state index >= 15 is 0 Å². The van der Waals surface area contributed by atoms with Crippen LogP contribution in [0, 0.1) is 10.1 Å². The fourth-order valence-electron chi connectivity index (χ4n) is 2.77. The number of benzene rings is 2. The number of nitro benzene ring substituents is 1. The van der Waals surface area contributed by atoms with Gasteiger partial charge in [0.1, 0.15) is 0 Å². The standard InChI is InChI=1S/C20H19N3O5/c24-19(10-7-15-5-8-16(9-6-15)23(26)27)21-18-4-2-1-3-17(18)20(25)22-11-13-28-14-12-22/h1-10H,11-14H2,(H,21,24)/b10-7+. The summed E-state index contributed by atoms with van der Waals surface area (Å²) in [6, 6.07) is 12.7. The predicted molar refractivity (Wildman–Crippen MR) is 104 cm³/mol. The molecule has 2 aromatic rings. The van der Waals surface area contributed by atoms with Gasteiger partial charge in [0, 0.05) is 31.3 Å². The highest BCUT2D eigenvalue weighted by molar-refractivity contribution is 6.07. The minimum atomic E-state index is -0.484. The molecule has 2 aromatic carbocycles. The van der Waals surface area contributed by atoms with Crippen molar-refractivity contribution in [1.82, 2.24) is 4.90 Å². The Bertz CT molecular complexity index is 902. The van der Waals surface area contributed by atoms with Crippen molar-refractivity contribution in [2.24, 2.45) is 0 Å². The SMILES string of the molecule is O=C(/C=C/c1ccc([N+](=O)[O-])cc1)Nc1ccccc1C(=O)N1CCOCC1. The smallest absolute Gasteiger partial charge is 0.269 e. The van der Waals surface area contributed by atoms with Gasteiger partial charge in [0.25, 0.3) is 11.6 Å². The first kappa shape index (κ1) is 19.2. The average Bonchev–Trinajstić information content (AvgIpc) is 2.73. The van der Waals surface area contributed by atoms with E-state index in [9.17, 15) is 19.7 Å².